The fourth-order valence-corrected chi connectivity index (χ4v) is 2.18. The summed E-state index contributed by atoms with van der Waals surface area (Å²) in [6.07, 6.45) is 0. The zero-order chi connectivity index (χ0) is 15.8. The number of carbonyl (C=O) groups is 2. The Bertz CT molecular complexity index is 518. The lowest BCUT2D eigenvalue weighted by Gasteiger charge is -2.21. The number of aliphatic carboxylic acids is 1. The van der Waals surface area contributed by atoms with E-state index in [9.17, 15) is 18.9 Å². The van der Waals surface area contributed by atoms with Gasteiger partial charge >= 0.3 is 12.0 Å². The maximum Gasteiger partial charge on any atom is 0.323 e. The molecule has 3 N–H and O–H groups in total. The van der Waals surface area contributed by atoms with Gasteiger partial charge in [0.05, 0.1) is 0 Å². The summed E-state index contributed by atoms with van der Waals surface area (Å²) in [4.78, 5) is 23.9. The number of nitrogens with zero attached hydrogens (tertiary/aromatic N) is 1. The van der Waals surface area contributed by atoms with Crippen LogP contribution in [0.15, 0.2) is 24.3 Å². The highest BCUT2D eigenvalue weighted by Gasteiger charge is 2.18. The number of amides is 2. The first-order valence-corrected chi connectivity index (χ1v) is 7.84. The van der Waals surface area contributed by atoms with Crippen molar-refractivity contribution in [2.75, 3.05) is 29.5 Å². The van der Waals surface area contributed by atoms with Gasteiger partial charge in [0.15, 0.2) is 0 Å². The standard InChI is InChI=1S/C13H18N2O5S/c1-2-21(20)8-7-14-13(19)15(9-12(17)18)10-3-5-11(16)6-4-10/h3-6,16H,2,7-9H2,1H3,(H,14,19)(H,17,18). The van der Waals surface area contributed by atoms with Gasteiger partial charge < -0.3 is 15.5 Å². The third kappa shape index (κ3) is 5.82. The van der Waals surface area contributed by atoms with Crippen molar-refractivity contribution in [2.45, 2.75) is 6.92 Å². The van der Waals surface area contributed by atoms with E-state index in [1.807, 2.05) is 0 Å². The van der Waals surface area contributed by atoms with Gasteiger partial charge in [0.2, 0.25) is 0 Å². The van der Waals surface area contributed by atoms with Crippen LogP contribution in [0, 0.1) is 0 Å². The van der Waals surface area contributed by atoms with Crippen LogP contribution < -0.4 is 10.2 Å². The Morgan fingerprint density at radius 2 is 1.90 bits per heavy atom. The summed E-state index contributed by atoms with van der Waals surface area (Å²) in [5.74, 6) is -0.311. The molecule has 0 radical (unpaired) electrons. The average molecular weight is 314 g/mol. The number of phenolic OH excluding ortho intramolecular Hbond substituents is 1. The van der Waals surface area contributed by atoms with E-state index in [4.69, 9.17) is 5.11 Å². The normalized spacial score (nSPS) is 11.7. The van der Waals surface area contributed by atoms with Gasteiger partial charge in [0, 0.05) is 34.5 Å². The minimum Gasteiger partial charge on any atom is -0.508 e. The monoisotopic (exact) mass is 314 g/mol. The highest BCUT2D eigenvalue weighted by molar-refractivity contribution is 7.84. The molecule has 116 valence electrons. The van der Waals surface area contributed by atoms with E-state index < -0.39 is 29.3 Å². The number of hydrogen-bond donors (Lipinski definition) is 3. The molecule has 1 unspecified atom stereocenters. The third-order valence-electron chi connectivity index (χ3n) is 2.63. The molecule has 8 heteroatoms. The Hall–Kier alpha value is -2.09. The molecule has 0 bridgehead atoms. The fraction of sp³-hybridized carbons (Fsp3) is 0.385. The van der Waals surface area contributed by atoms with Crippen LogP contribution in [0.3, 0.4) is 0 Å². The fourth-order valence-electron chi connectivity index (χ4n) is 1.56. The number of benzene rings is 1. The predicted molar refractivity (Wildman–Crippen MR) is 80.0 cm³/mol. The minimum atomic E-state index is -1.16. The van der Waals surface area contributed by atoms with Gasteiger partial charge in [-0.15, -0.1) is 0 Å². The molecule has 0 aromatic heterocycles. The molecule has 0 spiro atoms. The first kappa shape index (κ1) is 17.0. The molecule has 1 aromatic carbocycles. The van der Waals surface area contributed by atoms with Crippen molar-refractivity contribution in [1.82, 2.24) is 5.32 Å². The summed E-state index contributed by atoms with van der Waals surface area (Å²) in [6, 6.07) is 5.04. The SMILES string of the molecule is CCS(=O)CCNC(=O)N(CC(=O)O)c1ccc(O)cc1. The molecule has 1 rings (SSSR count). The summed E-state index contributed by atoms with van der Waals surface area (Å²) in [5.41, 5.74) is 0.351. The zero-order valence-corrected chi connectivity index (χ0v) is 12.4. The quantitative estimate of drug-likeness (QED) is 0.689. The molecule has 0 aliphatic carbocycles. The first-order chi connectivity index (χ1) is 9.93. The van der Waals surface area contributed by atoms with Gasteiger partial charge in [0.25, 0.3) is 0 Å². The minimum absolute atomic E-state index is 0.0211. The molecule has 21 heavy (non-hydrogen) atoms. The van der Waals surface area contributed by atoms with Gasteiger partial charge in [-0.3, -0.25) is 13.9 Å². The summed E-state index contributed by atoms with van der Waals surface area (Å²) in [7, 11) is -0.998. The number of anilines is 1. The van der Waals surface area contributed by atoms with Crippen LogP contribution in [-0.2, 0) is 15.6 Å². The Morgan fingerprint density at radius 3 is 2.43 bits per heavy atom. The lowest BCUT2D eigenvalue weighted by Crippen LogP contribution is -2.44. The van der Waals surface area contributed by atoms with Crippen LogP contribution >= 0.6 is 0 Å². The summed E-state index contributed by atoms with van der Waals surface area (Å²) < 4.78 is 11.3. The van der Waals surface area contributed by atoms with E-state index in [0.717, 1.165) is 4.90 Å². The van der Waals surface area contributed by atoms with E-state index in [0.29, 0.717) is 17.2 Å². The number of phenols is 1. The molecule has 0 aliphatic heterocycles. The molecule has 0 saturated heterocycles. The lowest BCUT2D eigenvalue weighted by molar-refractivity contribution is -0.135. The first-order valence-electron chi connectivity index (χ1n) is 6.35. The molecule has 0 saturated carbocycles. The molecular weight excluding hydrogens is 296 g/mol. The van der Waals surface area contributed by atoms with Crippen molar-refractivity contribution in [1.29, 1.82) is 0 Å². The van der Waals surface area contributed by atoms with Crippen molar-refractivity contribution >= 4 is 28.5 Å². The van der Waals surface area contributed by atoms with Crippen LogP contribution in [0.25, 0.3) is 0 Å². The van der Waals surface area contributed by atoms with Gasteiger partial charge in [-0.2, -0.15) is 0 Å². The van der Waals surface area contributed by atoms with Crippen LogP contribution in [0.4, 0.5) is 10.5 Å². The number of carbonyl (C=O) groups excluding carboxylic acids is 1. The Labute approximate surface area is 125 Å². The van der Waals surface area contributed by atoms with Gasteiger partial charge in [0.1, 0.15) is 12.3 Å². The number of rotatable bonds is 7. The summed E-state index contributed by atoms with van der Waals surface area (Å²) >= 11 is 0. The van der Waals surface area contributed by atoms with Crippen molar-refractivity contribution in [3.8, 4) is 5.75 Å². The molecule has 0 fully saturated rings. The van der Waals surface area contributed by atoms with E-state index in [2.05, 4.69) is 5.32 Å². The summed E-state index contributed by atoms with van der Waals surface area (Å²) in [6.45, 7) is 1.48. The lowest BCUT2D eigenvalue weighted by atomic mass is 10.3. The van der Waals surface area contributed by atoms with Crippen molar-refractivity contribution in [2.24, 2.45) is 0 Å². The van der Waals surface area contributed by atoms with Crippen molar-refractivity contribution in [3.05, 3.63) is 24.3 Å². The average Bonchev–Trinajstić information content (AvgIpc) is 2.45. The Kier molecular flexibility index (Phi) is 6.67. The van der Waals surface area contributed by atoms with Crippen molar-refractivity contribution in [3.63, 3.8) is 0 Å². The molecule has 0 heterocycles. The second-order valence-electron chi connectivity index (χ2n) is 4.16. The molecule has 0 aliphatic rings. The largest absolute Gasteiger partial charge is 0.508 e. The van der Waals surface area contributed by atoms with Crippen LogP contribution in [0.1, 0.15) is 6.92 Å². The number of hydrogen-bond acceptors (Lipinski definition) is 4. The zero-order valence-electron chi connectivity index (χ0n) is 11.6. The highest BCUT2D eigenvalue weighted by Crippen LogP contribution is 2.18. The van der Waals surface area contributed by atoms with Gasteiger partial charge in [-0.1, -0.05) is 6.92 Å². The predicted octanol–water partition coefficient (Wildman–Crippen LogP) is 0.761. The number of urea groups is 1. The Balaban J connectivity index is 2.72. The van der Waals surface area contributed by atoms with E-state index in [1.165, 1.54) is 24.3 Å². The summed E-state index contributed by atoms with van der Waals surface area (Å²) in [5, 5.41) is 20.6. The van der Waals surface area contributed by atoms with E-state index in [1.54, 1.807) is 6.92 Å². The smallest absolute Gasteiger partial charge is 0.323 e. The number of nitrogens with one attached hydrogen (secondary N) is 1. The van der Waals surface area contributed by atoms with Crippen LogP contribution in [-0.4, -0.2) is 51.0 Å². The number of carboxylic acid groups (broad SMARTS) is 1. The highest BCUT2D eigenvalue weighted by atomic mass is 32.2. The van der Waals surface area contributed by atoms with E-state index >= 15 is 0 Å². The molecule has 1 atom stereocenters. The topological polar surface area (TPSA) is 107 Å². The molecule has 1 aromatic rings. The maximum atomic E-state index is 12.0. The van der Waals surface area contributed by atoms with Gasteiger partial charge in [-0.05, 0) is 24.3 Å². The molecule has 2 amide bonds. The molecule has 7 nitrogen and oxygen atoms in total. The van der Waals surface area contributed by atoms with Crippen LogP contribution in [0.5, 0.6) is 5.75 Å². The van der Waals surface area contributed by atoms with Crippen molar-refractivity contribution < 1.29 is 24.0 Å². The maximum absolute atomic E-state index is 12.0. The Morgan fingerprint density at radius 1 is 1.29 bits per heavy atom. The third-order valence-corrected chi connectivity index (χ3v) is 3.93. The second kappa shape index (κ2) is 8.25. The molecular formula is C13H18N2O5S. The van der Waals surface area contributed by atoms with E-state index in [-0.39, 0.29) is 12.3 Å². The number of aromatic hydroxyl groups is 1. The van der Waals surface area contributed by atoms with Gasteiger partial charge in [-0.25, -0.2) is 4.79 Å². The number of carboxylic acids is 1. The van der Waals surface area contributed by atoms with Crippen LogP contribution in [0.2, 0.25) is 0 Å². The second-order valence-corrected chi connectivity index (χ2v) is 6.03.